The number of para-hydroxylation sites is 1. The second kappa shape index (κ2) is 6.80. The molecule has 0 spiro atoms. The second-order valence-electron chi connectivity index (χ2n) is 6.89. The van der Waals surface area contributed by atoms with E-state index in [2.05, 4.69) is 13.8 Å². The van der Waals surface area contributed by atoms with Gasteiger partial charge in [-0.25, -0.2) is 0 Å². The minimum atomic E-state index is 0.122. The fourth-order valence-corrected chi connectivity index (χ4v) is 3.93. The molecule has 0 unspecified atom stereocenters. The largest absolute Gasteiger partial charge is 0.337 e. The Kier molecular flexibility index (Phi) is 4.74. The highest BCUT2D eigenvalue weighted by atomic mass is 16.2. The van der Waals surface area contributed by atoms with Gasteiger partial charge in [0.25, 0.3) is 0 Å². The molecule has 0 radical (unpaired) electrons. The molecule has 2 aromatic rings. The molecular formula is C20H26N2O2. The van der Waals surface area contributed by atoms with Gasteiger partial charge in [-0.1, -0.05) is 25.1 Å². The quantitative estimate of drug-likeness (QED) is 0.796. The van der Waals surface area contributed by atoms with E-state index >= 15 is 0 Å². The first kappa shape index (κ1) is 16.7. The molecule has 2 heterocycles. The van der Waals surface area contributed by atoms with Crippen LogP contribution in [-0.2, 0) is 11.3 Å². The minimum Gasteiger partial charge on any atom is -0.337 e. The summed E-state index contributed by atoms with van der Waals surface area (Å²) in [6.07, 6.45) is 5.66. The lowest BCUT2D eigenvalue weighted by molar-refractivity contribution is -0.137. The molecule has 0 aliphatic carbocycles. The van der Waals surface area contributed by atoms with E-state index in [9.17, 15) is 9.59 Å². The van der Waals surface area contributed by atoms with Crippen LogP contribution in [0.4, 0.5) is 0 Å². The van der Waals surface area contributed by atoms with Crippen molar-refractivity contribution in [1.29, 1.82) is 0 Å². The van der Waals surface area contributed by atoms with Gasteiger partial charge in [-0.3, -0.25) is 9.59 Å². The van der Waals surface area contributed by atoms with Crippen LogP contribution in [0.3, 0.4) is 0 Å². The first-order chi connectivity index (χ1) is 11.5. The number of Topliss-reactive ketones (excluding diaryl/α,β-unsaturated/α-hetero) is 1. The molecule has 3 rings (SSSR count). The first-order valence-corrected chi connectivity index (χ1v) is 8.95. The Labute approximate surface area is 143 Å². The normalized spacial score (nSPS) is 21.2. The van der Waals surface area contributed by atoms with E-state index in [-0.39, 0.29) is 11.7 Å². The van der Waals surface area contributed by atoms with Gasteiger partial charge in [-0.15, -0.1) is 0 Å². The van der Waals surface area contributed by atoms with Crippen LogP contribution < -0.4 is 0 Å². The fourth-order valence-electron chi connectivity index (χ4n) is 3.93. The highest BCUT2D eigenvalue weighted by Crippen LogP contribution is 2.25. The number of fused-ring (bicyclic) bond motifs is 1. The van der Waals surface area contributed by atoms with Crippen LogP contribution in [0.15, 0.2) is 30.5 Å². The van der Waals surface area contributed by atoms with E-state index in [1.54, 1.807) is 0 Å². The zero-order valence-corrected chi connectivity index (χ0v) is 14.8. The fraction of sp³-hybridized carbons (Fsp3) is 0.500. The van der Waals surface area contributed by atoms with Crippen LogP contribution in [0, 0.1) is 0 Å². The van der Waals surface area contributed by atoms with Crippen molar-refractivity contribution in [2.45, 2.75) is 65.1 Å². The van der Waals surface area contributed by atoms with E-state index in [0.29, 0.717) is 25.0 Å². The summed E-state index contributed by atoms with van der Waals surface area (Å²) in [4.78, 5) is 27.2. The molecule has 4 heteroatoms. The predicted molar refractivity (Wildman–Crippen MR) is 96.2 cm³/mol. The monoisotopic (exact) mass is 326 g/mol. The maximum Gasteiger partial charge on any atom is 0.242 e. The number of carbonyl (C=O) groups excluding carboxylic acids is 2. The standard InChI is InChI=1S/C20H26N2O2/c1-4-19(23)17-12-21(18-11-6-5-10-16(17)18)13-20(24)22-14(2)8-7-9-15(22)3/h5-6,10-12,14-15H,4,7-9,13H2,1-3H3/t14-,15-/m1/s1. The van der Waals surface area contributed by atoms with Crippen molar-refractivity contribution in [2.24, 2.45) is 0 Å². The van der Waals surface area contributed by atoms with Gasteiger partial charge in [-0.2, -0.15) is 0 Å². The molecular weight excluding hydrogens is 300 g/mol. The number of nitrogens with zero attached hydrogens (tertiary/aromatic N) is 2. The van der Waals surface area contributed by atoms with Crippen molar-refractivity contribution < 1.29 is 9.59 Å². The average Bonchev–Trinajstić information content (AvgIpc) is 2.93. The van der Waals surface area contributed by atoms with Gasteiger partial charge in [-0.05, 0) is 39.2 Å². The van der Waals surface area contributed by atoms with Gasteiger partial charge in [0.1, 0.15) is 6.54 Å². The average molecular weight is 326 g/mol. The summed E-state index contributed by atoms with van der Waals surface area (Å²) in [6, 6.07) is 8.43. The molecule has 0 N–H and O–H groups in total. The van der Waals surface area contributed by atoms with Crippen molar-refractivity contribution >= 4 is 22.6 Å². The molecule has 4 nitrogen and oxygen atoms in total. The van der Waals surface area contributed by atoms with Crippen LogP contribution in [0.5, 0.6) is 0 Å². The number of carbonyl (C=O) groups is 2. The van der Waals surface area contributed by atoms with Gasteiger partial charge in [0.2, 0.25) is 5.91 Å². The summed E-state index contributed by atoms with van der Waals surface area (Å²) in [7, 11) is 0. The third-order valence-corrected chi connectivity index (χ3v) is 5.20. The van der Waals surface area contributed by atoms with Crippen molar-refractivity contribution in [2.75, 3.05) is 0 Å². The summed E-state index contributed by atoms with van der Waals surface area (Å²) in [5.41, 5.74) is 1.68. The van der Waals surface area contributed by atoms with Crippen molar-refractivity contribution in [1.82, 2.24) is 9.47 Å². The maximum absolute atomic E-state index is 12.9. The summed E-state index contributed by atoms with van der Waals surface area (Å²) >= 11 is 0. The molecule has 0 saturated carbocycles. The van der Waals surface area contributed by atoms with Gasteiger partial charge in [0, 0.05) is 41.2 Å². The second-order valence-corrected chi connectivity index (χ2v) is 6.89. The number of benzene rings is 1. The summed E-state index contributed by atoms with van der Waals surface area (Å²) in [6.45, 7) is 6.43. The SMILES string of the molecule is CCC(=O)c1cn(CC(=O)N2[C@H](C)CCC[C@H]2C)c2ccccc12. The Morgan fingerprint density at radius 3 is 2.46 bits per heavy atom. The van der Waals surface area contributed by atoms with Crippen LogP contribution in [0.1, 0.15) is 56.8 Å². The van der Waals surface area contributed by atoms with Crippen molar-refractivity contribution in [3.05, 3.63) is 36.0 Å². The zero-order valence-electron chi connectivity index (χ0n) is 14.8. The Morgan fingerprint density at radius 1 is 1.12 bits per heavy atom. The molecule has 128 valence electrons. The smallest absolute Gasteiger partial charge is 0.242 e. The third kappa shape index (κ3) is 2.97. The van der Waals surface area contributed by atoms with Gasteiger partial charge in [0.05, 0.1) is 0 Å². The highest BCUT2D eigenvalue weighted by molar-refractivity contribution is 6.08. The van der Waals surface area contributed by atoms with Crippen LogP contribution in [0.2, 0.25) is 0 Å². The summed E-state index contributed by atoms with van der Waals surface area (Å²) in [5.74, 6) is 0.267. The van der Waals surface area contributed by atoms with Crippen molar-refractivity contribution in [3.8, 4) is 0 Å². The number of amides is 1. The van der Waals surface area contributed by atoms with Crippen LogP contribution >= 0.6 is 0 Å². The Hall–Kier alpha value is -2.10. The maximum atomic E-state index is 12.9. The lowest BCUT2D eigenvalue weighted by atomic mass is 9.97. The van der Waals surface area contributed by atoms with E-state index < -0.39 is 0 Å². The molecule has 1 aliphatic rings. The number of piperidine rings is 1. The van der Waals surface area contributed by atoms with Crippen molar-refractivity contribution in [3.63, 3.8) is 0 Å². The number of likely N-dealkylation sites (tertiary alicyclic amines) is 1. The Bertz CT molecular complexity index is 752. The van der Waals surface area contributed by atoms with E-state index in [4.69, 9.17) is 0 Å². The van der Waals surface area contributed by atoms with E-state index in [1.165, 1.54) is 6.42 Å². The lowest BCUT2D eigenvalue weighted by Crippen LogP contribution is -2.48. The number of aromatic nitrogens is 1. The topological polar surface area (TPSA) is 42.3 Å². The molecule has 1 amide bonds. The molecule has 2 atom stereocenters. The number of rotatable bonds is 4. The number of hydrogen-bond acceptors (Lipinski definition) is 2. The number of ketones is 1. The Morgan fingerprint density at radius 2 is 1.79 bits per heavy atom. The molecule has 0 bridgehead atoms. The molecule has 1 aromatic carbocycles. The Balaban J connectivity index is 1.92. The van der Waals surface area contributed by atoms with Gasteiger partial charge < -0.3 is 9.47 Å². The lowest BCUT2D eigenvalue weighted by Gasteiger charge is -2.39. The molecule has 1 aliphatic heterocycles. The summed E-state index contributed by atoms with van der Waals surface area (Å²) < 4.78 is 1.94. The van der Waals surface area contributed by atoms with Crippen LogP contribution in [-0.4, -0.2) is 33.2 Å². The van der Waals surface area contributed by atoms with Gasteiger partial charge >= 0.3 is 0 Å². The zero-order chi connectivity index (χ0) is 17.3. The molecule has 1 saturated heterocycles. The van der Waals surface area contributed by atoms with E-state index in [1.807, 2.05) is 46.9 Å². The summed E-state index contributed by atoms with van der Waals surface area (Å²) in [5, 5.41) is 0.942. The molecule has 1 aromatic heterocycles. The number of hydrogen-bond donors (Lipinski definition) is 0. The van der Waals surface area contributed by atoms with Gasteiger partial charge in [0.15, 0.2) is 5.78 Å². The first-order valence-electron chi connectivity index (χ1n) is 8.95. The predicted octanol–water partition coefficient (Wildman–Crippen LogP) is 4.02. The minimum absolute atomic E-state index is 0.122. The molecule has 24 heavy (non-hydrogen) atoms. The highest BCUT2D eigenvalue weighted by Gasteiger charge is 2.29. The molecule has 1 fully saturated rings. The van der Waals surface area contributed by atoms with E-state index in [0.717, 1.165) is 29.3 Å². The van der Waals surface area contributed by atoms with Crippen LogP contribution in [0.25, 0.3) is 10.9 Å². The third-order valence-electron chi connectivity index (χ3n) is 5.20.